The number of nitrogens with one attached hydrogen (secondary N) is 1. The summed E-state index contributed by atoms with van der Waals surface area (Å²) in [5.74, 6) is 0.911. The van der Waals surface area contributed by atoms with Gasteiger partial charge in [0.25, 0.3) is 0 Å². The van der Waals surface area contributed by atoms with Gasteiger partial charge in [0.2, 0.25) is 0 Å². The number of benzene rings is 1. The van der Waals surface area contributed by atoms with Crippen LogP contribution in [0, 0.1) is 0 Å². The second kappa shape index (κ2) is 6.57. The van der Waals surface area contributed by atoms with Gasteiger partial charge in [0.05, 0.1) is 10.0 Å². The van der Waals surface area contributed by atoms with E-state index in [0.29, 0.717) is 10.0 Å². The van der Waals surface area contributed by atoms with Crippen molar-refractivity contribution in [1.29, 1.82) is 0 Å². The summed E-state index contributed by atoms with van der Waals surface area (Å²) in [6.07, 6.45) is 1.07. The lowest BCUT2D eigenvalue weighted by Gasteiger charge is -2.04. The molecule has 0 fully saturated rings. The van der Waals surface area contributed by atoms with Crippen LogP contribution in [0.15, 0.2) is 18.2 Å². The summed E-state index contributed by atoms with van der Waals surface area (Å²) in [4.78, 5) is 0. The maximum absolute atomic E-state index is 5.88. The summed E-state index contributed by atoms with van der Waals surface area (Å²) >= 11 is 15.8. The van der Waals surface area contributed by atoms with Crippen LogP contribution >= 0.6 is 35.8 Å². The molecule has 0 saturated carbocycles. The van der Waals surface area contributed by atoms with E-state index in [1.807, 2.05) is 18.2 Å². The van der Waals surface area contributed by atoms with Crippen molar-refractivity contribution in [2.75, 3.05) is 12.3 Å². The topological polar surface area (TPSA) is 12.0 Å². The molecule has 1 N–H and O–H groups in total. The summed E-state index contributed by atoms with van der Waals surface area (Å²) in [5, 5.41) is 4.51. The first-order valence-electron chi connectivity index (χ1n) is 4.49. The zero-order chi connectivity index (χ0) is 10.4. The van der Waals surface area contributed by atoms with Crippen LogP contribution in [0.4, 0.5) is 0 Å². The molecule has 4 heteroatoms. The number of hydrogen-bond donors (Lipinski definition) is 2. The molecule has 0 amide bonds. The Morgan fingerprint density at radius 1 is 1.21 bits per heavy atom. The van der Waals surface area contributed by atoms with Crippen LogP contribution in [0.5, 0.6) is 0 Å². The van der Waals surface area contributed by atoms with Crippen LogP contribution in [-0.2, 0) is 6.54 Å². The second-order valence-electron chi connectivity index (χ2n) is 3.00. The van der Waals surface area contributed by atoms with Crippen molar-refractivity contribution in [3.63, 3.8) is 0 Å². The van der Waals surface area contributed by atoms with Gasteiger partial charge in [0.15, 0.2) is 0 Å². The standard InChI is InChI=1S/C10H13Cl2NS/c11-9-3-2-8(6-10(9)12)7-13-4-1-5-14/h2-3,6,13-14H,1,4-5,7H2. The minimum absolute atomic E-state index is 0.603. The largest absolute Gasteiger partial charge is 0.313 e. The Morgan fingerprint density at radius 2 is 2.00 bits per heavy atom. The predicted octanol–water partition coefficient (Wildman–Crippen LogP) is 3.40. The van der Waals surface area contributed by atoms with Crippen molar-refractivity contribution in [3.05, 3.63) is 33.8 Å². The quantitative estimate of drug-likeness (QED) is 0.603. The highest BCUT2D eigenvalue weighted by atomic mass is 35.5. The molecule has 0 unspecified atom stereocenters. The first-order chi connectivity index (χ1) is 6.74. The fourth-order valence-corrected chi connectivity index (χ4v) is 1.57. The van der Waals surface area contributed by atoms with Gasteiger partial charge >= 0.3 is 0 Å². The molecule has 78 valence electrons. The Kier molecular flexibility index (Phi) is 5.71. The summed E-state index contributed by atoms with van der Waals surface area (Å²) in [6, 6.07) is 5.68. The molecule has 0 aromatic heterocycles. The first-order valence-corrected chi connectivity index (χ1v) is 5.88. The van der Waals surface area contributed by atoms with E-state index in [1.54, 1.807) is 0 Å². The number of thiol groups is 1. The van der Waals surface area contributed by atoms with Crippen LogP contribution < -0.4 is 5.32 Å². The number of hydrogen-bond acceptors (Lipinski definition) is 2. The molecule has 1 nitrogen and oxygen atoms in total. The fourth-order valence-electron chi connectivity index (χ4n) is 1.09. The third-order valence-electron chi connectivity index (χ3n) is 1.82. The lowest BCUT2D eigenvalue weighted by Crippen LogP contribution is -2.14. The maximum atomic E-state index is 5.88. The van der Waals surface area contributed by atoms with Gasteiger partial charge < -0.3 is 5.32 Å². The average molecular weight is 250 g/mol. The van der Waals surface area contributed by atoms with Gasteiger partial charge in [0.1, 0.15) is 0 Å². The Balaban J connectivity index is 2.39. The Morgan fingerprint density at radius 3 is 2.64 bits per heavy atom. The van der Waals surface area contributed by atoms with Crippen molar-refractivity contribution >= 4 is 35.8 Å². The van der Waals surface area contributed by atoms with Crippen LogP contribution in [-0.4, -0.2) is 12.3 Å². The third-order valence-corrected chi connectivity index (χ3v) is 2.88. The van der Waals surface area contributed by atoms with Crippen molar-refractivity contribution in [1.82, 2.24) is 5.32 Å². The first kappa shape index (κ1) is 12.2. The lowest BCUT2D eigenvalue weighted by atomic mass is 10.2. The molecule has 0 aliphatic heterocycles. The maximum Gasteiger partial charge on any atom is 0.0595 e. The zero-order valence-corrected chi connectivity index (χ0v) is 10.2. The van der Waals surface area contributed by atoms with Gasteiger partial charge in [-0.15, -0.1) is 0 Å². The van der Waals surface area contributed by atoms with E-state index in [-0.39, 0.29) is 0 Å². The molecular weight excluding hydrogens is 237 g/mol. The van der Waals surface area contributed by atoms with Crippen molar-refractivity contribution in [2.24, 2.45) is 0 Å². The van der Waals surface area contributed by atoms with Crippen LogP contribution in [0.3, 0.4) is 0 Å². The minimum Gasteiger partial charge on any atom is -0.313 e. The van der Waals surface area contributed by atoms with E-state index >= 15 is 0 Å². The molecular formula is C10H13Cl2NS. The Labute approximate surface area is 100 Å². The van der Waals surface area contributed by atoms with Crippen LogP contribution in [0.1, 0.15) is 12.0 Å². The number of halogens is 2. The fraction of sp³-hybridized carbons (Fsp3) is 0.400. The molecule has 0 bridgehead atoms. The monoisotopic (exact) mass is 249 g/mol. The smallest absolute Gasteiger partial charge is 0.0595 e. The number of rotatable bonds is 5. The van der Waals surface area contributed by atoms with Gasteiger partial charge in [-0.1, -0.05) is 29.3 Å². The van der Waals surface area contributed by atoms with Gasteiger partial charge in [-0.25, -0.2) is 0 Å². The molecule has 1 aromatic carbocycles. The molecule has 0 aliphatic rings. The highest BCUT2D eigenvalue weighted by molar-refractivity contribution is 7.80. The molecule has 0 atom stereocenters. The summed E-state index contributed by atoms with van der Waals surface area (Å²) < 4.78 is 0. The Bertz CT molecular complexity index is 291. The molecule has 1 aromatic rings. The predicted molar refractivity (Wildman–Crippen MR) is 66.6 cm³/mol. The summed E-state index contributed by atoms with van der Waals surface area (Å²) in [6.45, 7) is 1.80. The van der Waals surface area contributed by atoms with Crippen LogP contribution in [0.2, 0.25) is 10.0 Å². The van der Waals surface area contributed by atoms with Crippen LogP contribution in [0.25, 0.3) is 0 Å². The van der Waals surface area contributed by atoms with Gasteiger partial charge in [-0.2, -0.15) is 12.6 Å². The van der Waals surface area contributed by atoms with Crippen molar-refractivity contribution in [2.45, 2.75) is 13.0 Å². The zero-order valence-electron chi connectivity index (χ0n) is 7.76. The van der Waals surface area contributed by atoms with E-state index in [0.717, 1.165) is 30.8 Å². The van der Waals surface area contributed by atoms with E-state index < -0.39 is 0 Å². The van der Waals surface area contributed by atoms with Crippen molar-refractivity contribution in [3.8, 4) is 0 Å². The van der Waals surface area contributed by atoms with E-state index in [4.69, 9.17) is 23.2 Å². The lowest BCUT2D eigenvalue weighted by molar-refractivity contribution is 0.679. The molecule has 0 radical (unpaired) electrons. The summed E-state index contributed by atoms with van der Waals surface area (Å²) in [7, 11) is 0. The Hall–Kier alpha value is 0.110. The molecule has 1 rings (SSSR count). The molecule has 0 spiro atoms. The van der Waals surface area contributed by atoms with Gasteiger partial charge in [-0.05, 0) is 36.4 Å². The van der Waals surface area contributed by atoms with Crippen molar-refractivity contribution < 1.29 is 0 Å². The highest BCUT2D eigenvalue weighted by Crippen LogP contribution is 2.22. The average Bonchev–Trinajstić information content (AvgIpc) is 2.18. The third kappa shape index (κ3) is 4.09. The highest BCUT2D eigenvalue weighted by Gasteiger charge is 1.98. The molecule has 14 heavy (non-hydrogen) atoms. The van der Waals surface area contributed by atoms with E-state index in [2.05, 4.69) is 17.9 Å². The minimum atomic E-state index is 0.603. The summed E-state index contributed by atoms with van der Waals surface area (Å²) in [5.41, 5.74) is 1.15. The normalized spacial score (nSPS) is 10.5. The molecule has 0 heterocycles. The van der Waals surface area contributed by atoms with E-state index in [9.17, 15) is 0 Å². The van der Waals surface area contributed by atoms with Gasteiger partial charge in [0, 0.05) is 6.54 Å². The second-order valence-corrected chi connectivity index (χ2v) is 4.26. The van der Waals surface area contributed by atoms with Gasteiger partial charge in [-0.3, -0.25) is 0 Å². The SMILES string of the molecule is SCCCNCc1ccc(Cl)c(Cl)c1. The molecule has 0 aliphatic carbocycles. The van der Waals surface area contributed by atoms with E-state index in [1.165, 1.54) is 0 Å². The molecule has 0 saturated heterocycles.